The smallest absolute Gasteiger partial charge is 0.232 e. The molecule has 2 aliphatic rings. The van der Waals surface area contributed by atoms with Gasteiger partial charge in [-0.1, -0.05) is 53.9 Å². The second kappa shape index (κ2) is 8.79. The van der Waals surface area contributed by atoms with E-state index in [4.69, 9.17) is 21.1 Å². The van der Waals surface area contributed by atoms with Crippen LogP contribution in [0.1, 0.15) is 66.3 Å². The first-order valence-corrected chi connectivity index (χ1v) is 11.3. The molecule has 1 saturated heterocycles. The summed E-state index contributed by atoms with van der Waals surface area (Å²) in [5.74, 6) is 1.93. The number of benzene rings is 1. The van der Waals surface area contributed by atoms with Crippen LogP contribution in [-0.4, -0.2) is 39.0 Å². The maximum Gasteiger partial charge on any atom is 0.232 e. The van der Waals surface area contributed by atoms with Crippen molar-refractivity contribution >= 4 is 17.5 Å². The fourth-order valence-electron chi connectivity index (χ4n) is 4.85. The minimum absolute atomic E-state index is 0.0398. The van der Waals surface area contributed by atoms with Crippen LogP contribution in [0.25, 0.3) is 0 Å². The Hall–Kier alpha value is -2.73. The van der Waals surface area contributed by atoms with Crippen LogP contribution in [-0.2, 0) is 11.2 Å². The van der Waals surface area contributed by atoms with Crippen molar-refractivity contribution in [2.75, 3.05) is 13.1 Å². The minimum atomic E-state index is -0.0398. The van der Waals surface area contributed by atoms with Gasteiger partial charge in [-0.15, -0.1) is 0 Å². The zero-order valence-electron chi connectivity index (χ0n) is 17.3. The van der Waals surface area contributed by atoms with Gasteiger partial charge in [-0.25, -0.2) is 0 Å². The van der Waals surface area contributed by atoms with Crippen LogP contribution in [0, 0.1) is 0 Å². The summed E-state index contributed by atoms with van der Waals surface area (Å²) in [5, 5.41) is 4.92. The van der Waals surface area contributed by atoms with Crippen molar-refractivity contribution in [2.24, 2.45) is 0 Å². The van der Waals surface area contributed by atoms with Crippen molar-refractivity contribution in [3.63, 3.8) is 0 Å². The predicted octanol–water partition coefficient (Wildman–Crippen LogP) is 4.73. The first-order valence-electron chi connectivity index (χ1n) is 10.9. The molecule has 2 atom stereocenters. The molecule has 160 valence electrons. The van der Waals surface area contributed by atoms with Crippen LogP contribution in [0.5, 0.6) is 0 Å². The van der Waals surface area contributed by atoms with Crippen LogP contribution in [0.3, 0.4) is 0 Å². The van der Waals surface area contributed by atoms with Crippen molar-refractivity contribution in [3.8, 4) is 0 Å². The normalized spacial score (nSPS) is 21.6. The Labute approximate surface area is 186 Å². The van der Waals surface area contributed by atoms with Gasteiger partial charge in [0.25, 0.3) is 0 Å². The second-order valence-corrected chi connectivity index (χ2v) is 8.95. The number of halogens is 1. The number of carbonyl (C=O) groups is 1. The van der Waals surface area contributed by atoms with Crippen molar-refractivity contribution in [2.45, 2.75) is 49.9 Å². The van der Waals surface area contributed by atoms with E-state index >= 15 is 0 Å². The summed E-state index contributed by atoms with van der Waals surface area (Å²) in [5.41, 5.74) is 1.93. The molecule has 6 nitrogen and oxygen atoms in total. The van der Waals surface area contributed by atoms with E-state index in [0.717, 1.165) is 29.8 Å². The highest BCUT2D eigenvalue weighted by molar-refractivity contribution is 6.31. The van der Waals surface area contributed by atoms with Gasteiger partial charge in [-0.05, 0) is 36.1 Å². The number of rotatable bonds is 5. The summed E-state index contributed by atoms with van der Waals surface area (Å²) in [6.07, 6.45) is 8.60. The molecule has 5 rings (SSSR count). The Morgan fingerprint density at radius 3 is 2.68 bits per heavy atom. The van der Waals surface area contributed by atoms with Gasteiger partial charge in [0.15, 0.2) is 5.82 Å². The Bertz CT molecular complexity index is 1050. The maximum absolute atomic E-state index is 13.1. The van der Waals surface area contributed by atoms with E-state index in [0.29, 0.717) is 29.9 Å². The fraction of sp³-hybridized carbons (Fsp3) is 0.417. The third-order valence-electron chi connectivity index (χ3n) is 6.58. The number of hydrogen-bond acceptors (Lipinski definition) is 5. The lowest BCUT2D eigenvalue weighted by Crippen LogP contribution is -2.30. The van der Waals surface area contributed by atoms with E-state index in [1.807, 2.05) is 41.4 Å². The number of hydrogen-bond donors (Lipinski definition) is 0. The molecule has 1 amide bonds. The van der Waals surface area contributed by atoms with Gasteiger partial charge in [0.1, 0.15) is 0 Å². The number of aromatic nitrogens is 3. The average Bonchev–Trinajstić information content (AvgIpc) is 3.55. The molecule has 0 radical (unpaired) electrons. The summed E-state index contributed by atoms with van der Waals surface area (Å²) in [4.78, 5) is 24.1. The maximum atomic E-state index is 13.1. The van der Waals surface area contributed by atoms with Crippen molar-refractivity contribution < 1.29 is 9.32 Å². The van der Waals surface area contributed by atoms with E-state index in [2.05, 4.69) is 16.2 Å². The third-order valence-corrected chi connectivity index (χ3v) is 6.95. The fourth-order valence-corrected chi connectivity index (χ4v) is 5.06. The van der Waals surface area contributed by atoms with Crippen LogP contribution in [0.15, 0.2) is 53.3 Å². The minimum Gasteiger partial charge on any atom is -0.341 e. The quantitative estimate of drug-likeness (QED) is 0.578. The number of carbonyl (C=O) groups excluding carboxylic acids is 1. The Balaban J connectivity index is 1.39. The summed E-state index contributed by atoms with van der Waals surface area (Å²) in [6.45, 7) is 1.15. The van der Waals surface area contributed by atoms with Crippen molar-refractivity contribution in [3.05, 3.63) is 76.7 Å². The molecule has 0 spiro atoms. The largest absolute Gasteiger partial charge is 0.341 e. The lowest BCUT2D eigenvalue weighted by atomic mass is 9.90. The second-order valence-electron chi connectivity index (χ2n) is 8.54. The molecule has 0 N–H and O–H groups in total. The summed E-state index contributed by atoms with van der Waals surface area (Å²) < 4.78 is 5.74. The highest BCUT2D eigenvalue weighted by Gasteiger charge is 2.40. The molecular formula is C24H25ClN4O2. The molecule has 3 aromatic rings. The third kappa shape index (κ3) is 4.22. The van der Waals surface area contributed by atoms with E-state index in [9.17, 15) is 4.79 Å². The van der Waals surface area contributed by atoms with Gasteiger partial charge >= 0.3 is 0 Å². The van der Waals surface area contributed by atoms with Crippen molar-refractivity contribution in [1.82, 2.24) is 20.0 Å². The molecule has 1 aliphatic heterocycles. The molecule has 2 fully saturated rings. The Morgan fingerprint density at radius 2 is 1.90 bits per heavy atom. The molecule has 1 aromatic carbocycles. The average molecular weight is 437 g/mol. The topological polar surface area (TPSA) is 72.1 Å². The number of pyridine rings is 1. The first-order chi connectivity index (χ1) is 15.2. The van der Waals surface area contributed by atoms with Crippen LogP contribution >= 0.6 is 11.6 Å². The molecule has 2 aromatic heterocycles. The highest BCUT2D eigenvalue weighted by Crippen LogP contribution is 2.40. The molecular weight excluding hydrogens is 412 g/mol. The van der Waals surface area contributed by atoms with Crippen molar-refractivity contribution in [1.29, 1.82) is 0 Å². The summed E-state index contributed by atoms with van der Waals surface area (Å²) in [7, 11) is 0. The highest BCUT2D eigenvalue weighted by atomic mass is 35.5. The van der Waals surface area contributed by atoms with E-state index in [-0.39, 0.29) is 24.2 Å². The van der Waals surface area contributed by atoms with Gasteiger partial charge in [0.2, 0.25) is 11.8 Å². The van der Waals surface area contributed by atoms with Crippen LogP contribution < -0.4 is 0 Å². The molecule has 7 heteroatoms. The standard InChI is InChI=1S/C24H25ClN4O2/c25-21-10-4-3-8-17(21)12-22(30)29-14-19(18-9-5-11-26-13-18)20(15-29)24-27-23(28-31-24)16-6-1-2-7-16/h3-5,8-11,13,16,19-20H,1-2,6-7,12,14-15H2/t19-,20+/m0/s1. The molecule has 3 heterocycles. The van der Waals surface area contributed by atoms with Gasteiger partial charge in [-0.3, -0.25) is 9.78 Å². The summed E-state index contributed by atoms with van der Waals surface area (Å²) in [6, 6.07) is 11.5. The molecule has 0 unspecified atom stereocenters. The van der Waals surface area contributed by atoms with E-state index in [1.165, 1.54) is 12.8 Å². The van der Waals surface area contributed by atoms with Crippen LogP contribution in [0.2, 0.25) is 5.02 Å². The number of amides is 1. The Kier molecular flexibility index (Phi) is 5.72. The predicted molar refractivity (Wildman–Crippen MR) is 117 cm³/mol. The number of likely N-dealkylation sites (tertiary alicyclic amines) is 1. The van der Waals surface area contributed by atoms with Gasteiger partial charge in [0.05, 0.1) is 12.3 Å². The molecule has 31 heavy (non-hydrogen) atoms. The van der Waals surface area contributed by atoms with Gasteiger partial charge in [0, 0.05) is 42.3 Å². The lowest BCUT2D eigenvalue weighted by molar-refractivity contribution is -0.129. The molecule has 1 saturated carbocycles. The zero-order valence-corrected chi connectivity index (χ0v) is 18.0. The monoisotopic (exact) mass is 436 g/mol. The van der Waals surface area contributed by atoms with Gasteiger partial charge in [-0.2, -0.15) is 4.98 Å². The van der Waals surface area contributed by atoms with Crippen LogP contribution in [0.4, 0.5) is 0 Å². The van der Waals surface area contributed by atoms with E-state index in [1.54, 1.807) is 6.20 Å². The first kappa shape index (κ1) is 20.2. The molecule has 0 bridgehead atoms. The lowest BCUT2D eigenvalue weighted by Gasteiger charge is -2.17. The Morgan fingerprint density at radius 1 is 1.10 bits per heavy atom. The number of nitrogens with zero attached hydrogens (tertiary/aromatic N) is 4. The van der Waals surface area contributed by atoms with Gasteiger partial charge < -0.3 is 9.42 Å². The van der Waals surface area contributed by atoms with E-state index < -0.39 is 0 Å². The SMILES string of the molecule is O=C(Cc1ccccc1Cl)N1C[C@@H](c2cccnc2)[C@H](c2nc(C3CCCC3)no2)C1. The zero-order chi connectivity index (χ0) is 21.2. The molecule has 1 aliphatic carbocycles. The summed E-state index contributed by atoms with van der Waals surface area (Å²) >= 11 is 6.28.